The molecule has 0 aliphatic heterocycles. The lowest BCUT2D eigenvalue weighted by Gasteiger charge is -2.14. The third kappa shape index (κ3) is 7.99. The molecule has 1 atom stereocenters. The van der Waals surface area contributed by atoms with E-state index in [1.54, 1.807) is 6.92 Å². The molecule has 1 aromatic rings. The van der Waals surface area contributed by atoms with Crippen LogP contribution in [-0.2, 0) is 20.7 Å². The first-order valence-electron chi connectivity index (χ1n) is 8.50. The smallest absolute Gasteiger partial charge is 0.311 e. The normalized spacial score (nSPS) is 12.1. The average Bonchev–Trinajstić information content (AvgIpc) is 2.46. The van der Waals surface area contributed by atoms with Gasteiger partial charge in [-0.15, -0.1) is 0 Å². The van der Waals surface area contributed by atoms with Crippen molar-refractivity contribution < 1.29 is 19.1 Å². The highest BCUT2D eigenvalue weighted by atomic mass is 16.5. The lowest BCUT2D eigenvalue weighted by molar-refractivity contribution is -0.154. The fourth-order valence-corrected chi connectivity index (χ4v) is 2.09. The van der Waals surface area contributed by atoms with Gasteiger partial charge in [0.2, 0.25) is 0 Å². The Balaban J connectivity index is 2.46. The maximum absolute atomic E-state index is 12.0. The van der Waals surface area contributed by atoms with Crippen molar-refractivity contribution in [2.75, 3.05) is 6.54 Å². The van der Waals surface area contributed by atoms with Crippen LogP contribution >= 0.6 is 0 Å². The van der Waals surface area contributed by atoms with Crippen molar-refractivity contribution in [1.82, 2.24) is 5.32 Å². The predicted octanol–water partition coefficient (Wildman–Crippen LogP) is 3.11. The van der Waals surface area contributed by atoms with Crippen LogP contribution in [0.15, 0.2) is 24.3 Å². The van der Waals surface area contributed by atoms with Crippen LogP contribution in [0.3, 0.4) is 0 Å². The molecule has 0 saturated heterocycles. The maximum atomic E-state index is 12.0. The van der Waals surface area contributed by atoms with Gasteiger partial charge in [-0.2, -0.15) is 0 Å². The van der Waals surface area contributed by atoms with Crippen LogP contribution in [-0.4, -0.2) is 30.6 Å². The number of carbonyl (C=O) groups is 2. The summed E-state index contributed by atoms with van der Waals surface area (Å²) >= 11 is 0. The summed E-state index contributed by atoms with van der Waals surface area (Å²) in [5, 5.41) is 2.78. The second-order valence-corrected chi connectivity index (χ2v) is 6.60. The molecule has 1 amide bonds. The van der Waals surface area contributed by atoms with E-state index in [0.717, 1.165) is 17.7 Å². The number of benzene rings is 1. The summed E-state index contributed by atoms with van der Waals surface area (Å²) in [5.74, 6) is 0.544. The van der Waals surface area contributed by atoms with Gasteiger partial charge in [0.05, 0.1) is 12.5 Å². The second-order valence-electron chi connectivity index (χ2n) is 6.60. The minimum Gasteiger partial charge on any atom is -0.491 e. The molecular weight excluding hydrogens is 306 g/mol. The SMILES string of the molecule is CC(C)CCNC(=O)C(C)OC(=O)Cc1cccc(OC(C)C)c1. The average molecular weight is 335 g/mol. The minimum absolute atomic E-state index is 0.0711. The molecule has 0 radical (unpaired) electrons. The Kier molecular flexibility index (Phi) is 8.30. The molecule has 0 aromatic heterocycles. The van der Waals surface area contributed by atoms with Crippen LogP contribution in [0.1, 0.15) is 46.6 Å². The first-order chi connectivity index (χ1) is 11.3. The fourth-order valence-electron chi connectivity index (χ4n) is 2.09. The highest BCUT2D eigenvalue weighted by Crippen LogP contribution is 2.15. The summed E-state index contributed by atoms with van der Waals surface area (Å²) in [4.78, 5) is 23.9. The number of hydrogen-bond acceptors (Lipinski definition) is 4. The number of esters is 1. The molecular formula is C19H29NO4. The van der Waals surface area contributed by atoms with E-state index >= 15 is 0 Å². The Morgan fingerprint density at radius 1 is 1.12 bits per heavy atom. The van der Waals surface area contributed by atoms with Gasteiger partial charge in [-0.1, -0.05) is 26.0 Å². The molecule has 0 aliphatic rings. The highest BCUT2D eigenvalue weighted by molar-refractivity contribution is 5.83. The number of amides is 1. The first kappa shape index (κ1) is 20.0. The Hall–Kier alpha value is -2.04. The van der Waals surface area contributed by atoms with Crippen molar-refractivity contribution in [3.63, 3.8) is 0 Å². The Morgan fingerprint density at radius 2 is 1.83 bits per heavy atom. The molecule has 0 fully saturated rings. The molecule has 0 spiro atoms. The third-order valence-electron chi connectivity index (χ3n) is 3.32. The van der Waals surface area contributed by atoms with Crippen LogP contribution in [0.25, 0.3) is 0 Å². The van der Waals surface area contributed by atoms with Gasteiger partial charge in [-0.3, -0.25) is 9.59 Å². The van der Waals surface area contributed by atoms with E-state index < -0.39 is 12.1 Å². The third-order valence-corrected chi connectivity index (χ3v) is 3.32. The van der Waals surface area contributed by atoms with E-state index in [0.29, 0.717) is 12.5 Å². The van der Waals surface area contributed by atoms with Crippen LogP contribution in [0.5, 0.6) is 5.75 Å². The first-order valence-corrected chi connectivity index (χ1v) is 8.50. The van der Waals surface area contributed by atoms with Gasteiger partial charge in [0.25, 0.3) is 5.91 Å². The largest absolute Gasteiger partial charge is 0.491 e. The van der Waals surface area contributed by atoms with Gasteiger partial charge < -0.3 is 14.8 Å². The van der Waals surface area contributed by atoms with Crippen molar-refractivity contribution in [3.05, 3.63) is 29.8 Å². The Labute approximate surface area is 144 Å². The van der Waals surface area contributed by atoms with Crippen molar-refractivity contribution >= 4 is 11.9 Å². The van der Waals surface area contributed by atoms with Crippen LogP contribution in [0, 0.1) is 5.92 Å². The predicted molar refractivity (Wildman–Crippen MR) is 93.9 cm³/mol. The van der Waals surface area contributed by atoms with E-state index in [2.05, 4.69) is 19.2 Å². The van der Waals surface area contributed by atoms with Gasteiger partial charge in [-0.25, -0.2) is 0 Å². The van der Waals surface area contributed by atoms with Gasteiger partial charge in [0.1, 0.15) is 5.75 Å². The van der Waals surface area contributed by atoms with E-state index in [-0.39, 0.29) is 18.4 Å². The highest BCUT2D eigenvalue weighted by Gasteiger charge is 2.17. The van der Waals surface area contributed by atoms with E-state index in [4.69, 9.17) is 9.47 Å². The molecule has 0 bridgehead atoms. The van der Waals surface area contributed by atoms with Gasteiger partial charge in [-0.05, 0) is 50.8 Å². The summed E-state index contributed by atoms with van der Waals surface area (Å²) in [6.07, 6.45) is 0.287. The number of ether oxygens (including phenoxy) is 2. The molecule has 0 saturated carbocycles. The molecule has 24 heavy (non-hydrogen) atoms. The van der Waals surface area contributed by atoms with Crippen molar-refractivity contribution in [2.45, 2.75) is 59.7 Å². The van der Waals surface area contributed by atoms with E-state index in [1.165, 1.54) is 0 Å². The molecule has 134 valence electrons. The molecule has 1 aromatic carbocycles. The zero-order chi connectivity index (χ0) is 18.1. The number of carbonyl (C=O) groups excluding carboxylic acids is 2. The van der Waals surface area contributed by atoms with Crippen molar-refractivity contribution in [3.8, 4) is 5.75 Å². The van der Waals surface area contributed by atoms with Gasteiger partial charge >= 0.3 is 5.97 Å². The molecule has 5 nitrogen and oxygen atoms in total. The second kappa shape index (κ2) is 9.96. The summed E-state index contributed by atoms with van der Waals surface area (Å²) in [6, 6.07) is 7.33. The van der Waals surface area contributed by atoms with Gasteiger partial charge in [0, 0.05) is 6.54 Å². The number of nitrogens with one attached hydrogen (secondary N) is 1. The molecule has 0 aliphatic carbocycles. The van der Waals surface area contributed by atoms with Gasteiger partial charge in [0.15, 0.2) is 6.10 Å². The minimum atomic E-state index is -0.792. The van der Waals surface area contributed by atoms with E-state index in [9.17, 15) is 9.59 Å². The molecule has 1 N–H and O–H groups in total. The van der Waals surface area contributed by atoms with Crippen LogP contribution in [0.4, 0.5) is 0 Å². The zero-order valence-corrected chi connectivity index (χ0v) is 15.3. The quantitative estimate of drug-likeness (QED) is 0.704. The molecule has 1 unspecified atom stereocenters. The topological polar surface area (TPSA) is 64.6 Å². The van der Waals surface area contributed by atoms with Crippen LogP contribution < -0.4 is 10.1 Å². The summed E-state index contributed by atoms with van der Waals surface area (Å²) < 4.78 is 10.8. The number of rotatable bonds is 9. The Morgan fingerprint density at radius 3 is 2.46 bits per heavy atom. The fraction of sp³-hybridized carbons (Fsp3) is 0.579. The van der Waals surface area contributed by atoms with Crippen molar-refractivity contribution in [1.29, 1.82) is 0 Å². The standard InChI is InChI=1S/C19H29NO4/c1-13(2)9-10-20-19(22)15(5)24-18(21)12-16-7-6-8-17(11-16)23-14(3)4/h6-8,11,13-15H,9-10,12H2,1-5H3,(H,20,22). The molecule has 1 rings (SSSR count). The summed E-state index contributed by atoms with van der Waals surface area (Å²) in [5.41, 5.74) is 0.797. The lowest BCUT2D eigenvalue weighted by atomic mass is 10.1. The maximum Gasteiger partial charge on any atom is 0.311 e. The number of hydrogen-bond donors (Lipinski definition) is 1. The van der Waals surface area contributed by atoms with Crippen LogP contribution in [0.2, 0.25) is 0 Å². The molecule has 0 heterocycles. The lowest BCUT2D eigenvalue weighted by Crippen LogP contribution is -2.36. The Bertz CT molecular complexity index is 540. The summed E-state index contributed by atoms with van der Waals surface area (Å²) in [7, 11) is 0. The summed E-state index contributed by atoms with van der Waals surface area (Å²) in [6.45, 7) is 10.2. The van der Waals surface area contributed by atoms with E-state index in [1.807, 2.05) is 38.1 Å². The van der Waals surface area contributed by atoms with Crippen molar-refractivity contribution in [2.24, 2.45) is 5.92 Å². The monoisotopic (exact) mass is 335 g/mol. The zero-order valence-electron chi connectivity index (χ0n) is 15.3. The molecule has 5 heteroatoms.